The van der Waals surface area contributed by atoms with Gasteiger partial charge in [0.25, 0.3) is 11.8 Å². The van der Waals surface area contributed by atoms with Crippen molar-refractivity contribution in [3.8, 4) is 11.5 Å². The third kappa shape index (κ3) is 5.42. The number of H-pyrrole nitrogens is 1. The Morgan fingerprint density at radius 3 is 2.61 bits per heavy atom. The van der Waals surface area contributed by atoms with Crippen molar-refractivity contribution in [2.24, 2.45) is 0 Å². The highest BCUT2D eigenvalue weighted by atomic mass is 28.3. The van der Waals surface area contributed by atoms with Crippen molar-refractivity contribution in [3.05, 3.63) is 65.1 Å². The van der Waals surface area contributed by atoms with E-state index in [2.05, 4.69) is 71.5 Å². The van der Waals surface area contributed by atoms with Crippen LogP contribution < -0.4 is 5.32 Å². The SMILES string of the molecule is CCCC[C@H]1Cc2c([nH]c3ccccc23)[C@H](c2ccc(C(=O)NC3CCC3)nc2)N1C(=O)C#C[Si](C)(C)C. The molecule has 0 bridgehead atoms. The number of hydrogen-bond donors (Lipinski definition) is 2. The Labute approximate surface area is 226 Å². The standard InChI is InChI=1S/C31H38N4O2Si/c1-5-6-12-23-19-25-24-13-7-8-14-26(24)34-29(25)30(35(23)28(36)17-18-38(2,3)4)21-15-16-27(32-20-21)31(37)33-22-10-9-11-22/h7-8,13-16,20,22-23,30,34H,5-6,9-12,19H2,1-4H3,(H,33,37)/t23-,30-/m0/s1. The van der Waals surface area contributed by atoms with Crippen molar-refractivity contribution in [2.45, 2.75) is 89.6 Å². The van der Waals surface area contributed by atoms with Crippen molar-refractivity contribution < 1.29 is 9.59 Å². The second-order valence-corrected chi connectivity index (χ2v) is 16.5. The maximum Gasteiger partial charge on any atom is 0.298 e. The molecule has 2 aromatic heterocycles. The van der Waals surface area contributed by atoms with Crippen LogP contribution in [0.25, 0.3) is 10.9 Å². The van der Waals surface area contributed by atoms with Crippen molar-refractivity contribution in [2.75, 3.05) is 0 Å². The van der Waals surface area contributed by atoms with Crippen molar-refractivity contribution in [1.82, 2.24) is 20.2 Å². The van der Waals surface area contributed by atoms with Gasteiger partial charge in [0.15, 0.2) is 0 Å². The molecule has 0 spiro atoms. The van der Waals surface area contributed by atoms with E-state index in [1.54, 1.807) is 12.3 Å². The van der Waals surface area contributed by atoms with Gasteiger partial charge in [-0.15, -0.1) is 5.54 Å². The van der Waals surface area contributed by atoms with E-state index in [0.29, 0.717) is 5.69 Å². The quantitative estimate of drug-likeness (QED) is 0.317. The summed E-state index contributed by atoms with van der Waals surface area (Å²) in [5.41, 5.74) is 7.95. The molecule has 0 unspecified atom stereocenters. The Balaban J connectivity index is 1.58. The molecule has 2 atom stereocenters. The summed E-state index contributed by atoms with van der Waals surface area (Å²) in [6.45, 7) is 8.65. The molecular formula is C31H38N4O2Si. The Bertz CT molecular complexity index is 1390. The zero-order chi connectivity index (χ0) is 26.9. The number of aromatic nitrogens is 2. The van der Waals surface area contributed by atoms with Crippen LogP contribution in [0, 0.1) is 11.5 Å². The highest BCUT2D eigenvalue weighted by Gasteiger charge is 2.40. The lowest BCUT2D eigenvalue weighted by Gasteiger charge is -2.41. The Morgan fingerprint density at radius 1 is 1.16 bits per heavy atom. The van der Waals surface area contributed by atoms with Crippen LogP contribution in [0.2, 0.25) is 19.6 Å². The van der Waals surface area contributed by atoms with Crippen LogP contribution in [0.4, 0.5) is 0 Å². The Hall–Kier alpha value is -3.37. The van der Waals surface area contributed by atoms with Gasteiger partial charge in [-0.05, 0) is 61.3 Å². The number of carbonyl (C=O) groups is 2. The topological polar surface area (TPSA) is 78.1 Å². The minimum Gasteiger partial charge on any atom is -0.356 e. The molecule has 2 N–H and O–H groups in total. The molecule has 1 aliphatic heterocycles. The zero-order valence-corrected chi connectivity index (χ0v) is 23.9. The number of fused-ring (bicyclic) bond motifs is 3. The summed E-state index contributed by atoms with van der Waals surface area (Å²) in [4.78, 5) is 36.7. The van der Waals surface area contributed by atoms with E-state index < -0.39 is 8.07 Å². The number of hydrogen-bond acceptors (Lipinski definition) is 3. The van der Waals surface area contributed by atoms with Crippen molar-refractivity contribution in [3.63, 3.8) is 0 Å². The van der Waals surface area contributed by atoms with E-state index in [4.69, 9.17) is 0 Å². The van der Waals surface area contributed by atoms with E-state index in [1.165, 1.54) is 10.9 Å². The fourth-order valence-electron chi connectivity index (χ4n) is 5.47. The van der Waals surface area contributed by atoms with Gasteiger partial charge in [-0.25, -0.2) is 0 Å². The average Bonchev–Trinajstić information content (AvgIpc) is 3.25. The van der Waals surface area contributed by atoms with Crippen LogP contribution in [0.5, 0.6) is 0 Å². The molecule has 2 amide bonds. The van der Waals surface area contributed by atoms with E-state index in [0.717, 1.165) is 61.7 Å². The first-order chi connectivity index (χ1) is 18.2. The minimum atomic E-state index is -1.74. The normalized spacial score (nSPS) is 19.3. The highest BCUT2D eigenvalue weighted by molar-refractivity contribution is 6.84. The lowest BCUT2D eigenvalue weighted by Crippen LogP contribution is -2.47. The van der Waals surface area contributed by atoms with Crippen LogP contribution in [-0.2, 0) is 11.2 Å². The van der Waals surface area contributed by atoms with E-state index in [1.807, 2.05) is 17.0 Å². The number of amides is 2. The van der Waals surface area contributed by atoms with Crippen molar-refractivity contribution >= 4 is 30.8 Å². The third-order valence-electron chi connectivity index (χ3n) is 7.68. The van der Waals surface area contributed by atoms with Crippen LogP contribution in [-0.4, -0.2) is 46.8 Å². The summed E-state index contributed by atoms with van der Waals surface area (Å²) in [6, 6.07) is 12.1. The average molecular weight is 527 g/mol. The summed E-state index contributed by atoms with van der Waals surface area (Å²) in [5.74, 6) is 2.76. The molecular weight excluding hydrogens is 488 g/mol. The summed E-state index contributed by atoms with van der Waals surface area (Å²) in [6.07, 6.45) is 8.82. The molecule has 5 rings (SSSR count). The number of rotatable bonds is 6. The fraction of sp³-hybridized carbons (Fsp3) is 0.452. The number of nitrogens with zero attached hydrogens (tertiary/aromatic N) is 2. The monoisotopic (exact) mass is 526 g/mol. The van der Waals surface area contributed by atoms with Gasteiger partial charge in [0.2, 0.25) is 0 Å². The zero-order valence-electron chi connectivity index (χ0n) is 22.9. The smallest absolute Gasteiger partial charge is 0.298 e. The van der Waals surface area contributed by atoms with Crippen molar-refractivity contribution in [1.29, 1.82) is 0 Å². The number of nitrogens with one attached hydrogen (secondary N) is 2. The molecule has 2 aliphatic rings. The molecule has 1 saturated carbocycles. The largest absolute Gasteiger partial charge is 0.356 e. The predicted octanol–water partition coefficient (Wildman–Crippen LogP) is 5.76. The van der Waals surface area contributed by atoms with Gasteiger partial charge >= 0.3 is 0 Å². The maximum absolute atomic E-state index is 13.8. The molecule has 0 saturated heterocycles. The summed E-state index contributed by atoms with van der Waals surface area (Å²) in [5, 5.41) is 4.27. The van der Waals surface area contributed by atoms with Gasteiger partial charge in [0.05, 0.1) is 0 Å². The molecule has 38 heavy (non-hydrogen) atoms. The van der Waals surface area contributed by atoms with Gasteiger partial charge in [0, 0.05) is 34.9 Å². The number of benzene rings is 1. The van der Waals surface area contributed by atoms with E-state index in [9.17, 15) is 9.59 Å². The van der Waals surface area contributed by atoms with Gasteiger partial charge in [-0.3, -0.25) is 14.6 Å². The van der Waals surface area contributed by atoms with Gasteiger partial charge in [-0.2, -0.15) is 0 Å². The van der Waals surface area contributed by atoms with Crippen LogP contribution in [0.3, 0.4) is 0 Å². The number of unbranched alkanes of at least 4 members (excludes halogenated alkanes) is 1. The number of pyridine rings is 1. The molecule has 0 radical (unpaired) electrons. The maximum atomic E-state index is 13.8. The molecule has 6 nitrogen and oxygen atoms in total. The van der Waals surface area contributed by atoms with Gasteiger partial charge < -0.3 is 15.2 Å². The molecule has 1 fully saturated rings. The molecule has 1 aromatic carbocycles. The Kier molecular flexibility index (Phi) is 7.44. The second kappa shape index (κ2) is 10.8. The molecule has 1 aliphatic carbocycles. The van der Waals surface area contributed by atoms with E-state index >= 15 is 0 Å². The summed E-state index contributed by atoms with van der Waals surface area (Å²) in [7, 11) is -1.74. The first-order valence-corrected chi connectivity index (χ1v) is 17.5. The summed E-state index contributed by atoms with van der Waals surface area (Å²) < 4.78 is 0. The number of para-hydroxylation sites is 1. The van der Waals surface area contributed by atoms with Gasteiger partial charge in [-0.1, -0.05) is 63.7 Å². The fourth-order valence-corrected chi connectivity index (χ4v) is 5.95. The first-order valence-electron chi connectivity index (χ1n) is 14.0. The van der Waals surface area contributed by atoms with Crippen LogP contribution >= 0.6 is 0 Å². The number of aromatic amines is 1. The van der Waals surface area contributed by atoms with Gasteiger partial charge in [0.1, 0.15) is 19.8 Å². The Morgan fingerprint density at radius 2 is 1.95 bits per heavy atom. The number of carbonyl (C=O) groups excluding carboxylic acids is 2. The third-order valence-corrected chi connectivity index (χ3v) is 8.55. The predicted molar refractivity (Wildman–Crippen MR) is 154 cm³/mol. The van der Waals surface area contributed by atoms with Crippen LogP contribution in [0.1, 0.15) is 78.8 Å². The molecule has 3 heterocycles. The lowest BCUT2D eigenvalue weighted by molar-refractivity contribution is -0.130. The summed E-state index contributed by atoms with van der Waals surface area (Å²) >= 11 is 0. The molecule has 3 aromatic rings. The lowest BCUT2D eigenvalue weighted by atomic mass is 9.86. The minimum absolute atomic E-state index is 0.0386. The molecule has 7 heteroatoms. The molecule has 198 valence electrons. The highest BCUT2D eigenvalue weighted by Crippen LogP contribution is 2.42. The first kappa shape index (κ1) is 26.2. The second-order valence-electron chi connectivity index (χ2n) is 11.8. The van der Waals surface area contributed by atoms with Crippen LogP contribution in [0.15, 0.2) is 42.6 Å². The van der Waals surface area contributed by atoms with E-state index in [-0.39, 0.29) is 29.9 Å².